The number of fused-ring (bicyclic) bond motifs is 1. The Morgan fingerprint density at radius 2 is 1.39 bits per heavy atom. The molecule has 0 saturated carbocycles. The smallest absolute Gasteiger partial charge is 0.309 e. The summed E-state index contributed by atoms with van der Waals surface area (Å²) in [6.45, 7) is 0. The number of ether oxygens (including phenoxy) is 4. The molecule has 1 aliphatic heterocycles. The minimum Gasteiger partial charge on any atom is -0.497 e. The SMILES string of the molecule is COc1ccc(C(O[C@H]2C[C@H](n3cnc4c(NC(=O)c5ccccc5)ncnc43)O[C@@H]2CCS(=O)(=O)Oc2ccc([N+](=O)[O-])cc2)(c2ccccc2)c2ccc(OC)cc2)cc1. The number of amides is 1. The van der Waals surface area contributed by atoms with Crippen molar-refractivity contribution >= 4 is 38.7 Å². The van der Waals surface area contributed by atoms with Crippen molar-refractivity contribution in [2.24, 2.45) is 0 Å². The minimum absolute atomic E-state index is 0.0737. The van der Waals surface area contributed by atoms with E-state index in [-0.39, 0.29) is 36.0 Å². The van der Waals surface area contributed by atoms with Gasteiger partial charge in [0.15, 0.2) is 17.0 Å². The Hall–Kier alpha value is -7.21. The number of carbonyl (C=O) groups is 1. The van der Waals surface area contributed by atoms with Crippen molar-refractivity contribution in [1.29, 1.82) is 0 Å². The van der Waals surface area contributed by atoms with Gasteiger partial charge in [0.05, 0.1) is 43.4 Å². The predicted octanol–water partition coefficient (Wildman–Crippen LogP) is 7.47. The Labute approximate surface area is 356 Å². The van der Waals surface area contributed by atoms with Gasteiger partial charge in [0.25, 0.3) is 11.6 Å². The van der Waals surface area contributed by atoms with Crippen molar-refractivity contribution in [1.82, 2.24) is 19.5 Å². The zero-order valence-corrected chi connectivity index (χ0v) is 34.3. The van der Waals surface area contributed by atoms with Crippen LogP contribution in [0.15, 0.2) is 146 Å². The fourth-order valence-corrected chi connectivity index (χ4v) is 8.51. The fourth-order valence-electron chi connectivity index (χ4n) is 7.50. The van der Waals surface area contributed by atoms with Crippen LogP contribution in [0.3, 0.4) is 0 Å². The molecule has 1 aliphatic rings. The van der Waals surface area contributed by atoms with Crippen LogP contribution in [0.1, 0.15) is 46.1 Å². The second-order valence-electron chi connectivity index (χ2n) is 14.3. The molecular weight excluding hydrogens is 817 g/mol. The first-order valence-electron chi connectivity index (χ1n) is 19.5. The molecule has 0 unspecified atom stereocenters. The van der Waals surface area contributed by atoms with E-state index in [1.165, 1.54) is 36.9 Å². The Morgan fingerprint density at radius 3 is 1.98 bits per heavy atom. The van der Waals surface area contributed by atoms with E-state index in [2.05, 4.69) is 20.3 Å². The maximum atomic E-state index is 13.5. The second-order valence-corrected chi connectivity index (χ2v) is 16.0. The van der Waals surface area contributed by atoms with Crippen molar-refractivity contribution in [3.8, 4) is 17.2 Å². The summed E-state index contributed by atoms with van der Waals surface area (Å²) < 4.78 is 59.4. The molecule has 8 rings (SSSR count). The highest BCUT2D eigenvalue weighted by Crippen LogP contribution is 2.46. The van der Waals surface area contributed by atoms with Gasteiger partial charge in [-0.15, -0.1) is 0 Å². The molecule has 17 heteroatoms. The normalized spacial score (nSPS) is 16.5. The van der Waals surface area contributed by atoms with E-state index in [1.807, 2.05) is 84.9 Å². The summed E-state index contributed by atoms with van der Waals surface area (Å²) in [5.41, 5.74) is 1.91. The summed E-state index contributed by atoms with van der Waals surface area (Å²) in [6, 6.07) is 38.2. The summed E-state index contributed by atoms with van der Waals surface area (Å²) in [5.74, 6) is 0.528. The number of imidazole rings is 1. The molecule has 1 amide bonds. The fraction of sp³-hybridized carbons (Fsp3) is 0.200. The zero-order chi connectivity index (χ0) is 43.3. The van der Waals surface area contributed by atoms with Crippen LogP contribution in [-0.4, -0.2) is 70.9 Å². The number of benzene rings is 5. The van der Waals surface area contributed by atoms with Gasteiger partial charge in [-0.05, 0) is 71.6 Å². The lowest BCUT2D eigenvalue weighted by molar-refractivity contribution is -0.384. The average molecular weight is 857 g/mol. The van der Waals surface area contributed by atoms with Crippen LogP contribution < -0.4 is 19.0 Å². The van der Waals surface area contributed by atoms with E-state index in [0.29, 0.717) is 28.2 Å². The van der Waals surface area contributed by atoms with Crippen molar-refractivity contribution < 1.29 is 41.3 Å². The lowest BCUT2D eigenvalue weighted by Gasteiger charge is -2.39. The molecule has 316 valence electrons. The van der Waals surface area contributed by atoms with Crippen molar-refractivity contribution in [2.45, 2.75) is 36.9 Å². The molecule has 1 saturated heterocycles. The highest BCUT2D eigenvalue weighted by Gasteiger charge is 2.46. The lowest BCUT2D eigenvalue weighted by Crippen LogP contribution is -2.40. The number of anilines is 1. The largest absolute Gasteiger partial charge is 0.497 e. The van der Waals surface area contributed by atoms with Crippen LogP contribution in [0.5, 0.6) is 17.2 Å². The first kappa shape index (κ1) is 41.5. The summed E-state index contributed by atoms with van der Waals surface area (Å²) in [4.78, 5) is 37.1. The number of nitrogens with one attached hydrogen (secondary N) is 1. The number of non-ortho nitro benzene ring substituents is 1. The molecule has 1 N–H and O–H groups in total. The Morgan fingerprint density at radius 1 is 0.806 bits per heavy atom. The van der Waals surface area contributed by atoms with Crippen molar-refractivity contribution in [3.05, 3.63) is 178 Å². The van der Waals surface area contributed by atoms with Gasteiger partial charge in [-0.3, -0.25) is 19.5 Å². The molecule has 1 fully saturated rings. The first-order valence-corrected chi connectivity index (χ1v) is 21.0. The number of nitrogens with zero attached hydrogens (tertiary/aromatic N) is 5. The summed E-state index contributed by atoms with van der Waals surface area (Å²) in [6.07, 6.45) is 0.566. The predicted molar refractivity (Wildman–Crippen MR) is 228 cm³/mol. The molecule has 0 spiro atoms. The van der Waals surface area contributed by atoms with Crippen LogP contribution >= 0.6 is 0 Å². The maximum absolute atomic E-state index is 13.5. The van der Waals surface area contributed by atoms with Crippen LogP contribution in [0.4, 0.5) is 11.5 Å². The maximum Gasteiger partial charge on any atom is 0.309 e. The van der Waals surface area contributed by atoms with Gasteiger partial charge in [-0.25, -0.2) is 15.0 Å². The highest BCUT2D eigenvalue weighted by atomic mass is 32.2. The van der Waals surface area contributed by atoms with Gasteiger partial charge < -0.3 is 28.4 Å². The number of hydrogen-bond acceptors (Lipinski definition) is 13. The van der Waals surface area contributed by atoms with Crippen LogP contribution in [0.25, 0.3) is 11.2 Å². The summed E-state index contributed by atoms with van der Waals surface area (Å²) in [5, 5.41) is 14.0. The van der Waals surface area contributed by atoms with Gasteiger partial charge >= 0.3 is 10.1 Å². The Balaban J connectivity index is 1.18. The molecule has 0 bridgehead atoms. The molecular formula is C45H40N6O10S. The van der Waals surface area contributed by atoms with E-state index < -0.39 is 44.8 Å². The molecule has 3 heterocycles. The third kappa shape index (κ3) is 8.67. The zero-order valence-electron chi connectivity index (χ0n) is 33.4. The van der Waals surface area contributed by atoms with Crippen molar-refractivity contribution in [3.63, 3.8) is 0 Å². The standard InChI is InChI=1S/C45H40N6O10S/c1-57-35-19-13-32(14-20-35)45(31-11-7-4-8-12-31,33-15-21-36(58-2)22-16-33)60-39-27-40(59-38(39)25-26-62(55,56)61-37-23-17-34(18-24-37)51(53)54)50-29-48-41-42(46-28-47-43(41)50)49-44(52)30-9-5-3-6-10-30/h3-24,28-29,38-40H,25-27H2,1-2H3,(H,46,47,49,52)/t38-,39+,40-/m1/s1. The minimum atomic E-state index is -4.25. The average Bonchev–Trinajstić information content (AvgIpc) is 3.93. The van der Waals surface area contributed by atoms with Gasteiger partial charge in [0, 0.05) is 24.1 Å². The van der Waals surface area contributed by atoms with Gasteiger partial charge in [-0.1, -0.05) is 72.8 Å². The topological polar surface area (TPSA) is 196 Å². The van der Waals surface area contributed by atoms with Crippen LogP contribution in [0, 0.1) is 10.1 Å². The molecule has 7 aromatic rings. The van der Waals surface area contributed by atoms with E-state index in [4.69, 9.17) is 23.1 Å². The number of methoxy groups -OCH3 is 2. The number of hydrogen-bond donors (Lipinski definition) is 1. The van der Waals surface area contributed by atoms with Gasteiger partial charge in [-0.2, -0.15) is 8.42 Å². The summed E-state index contributed by atoms with van der Waals surface area (Å²) in [7, 11) is -1.08. The third-order valence-corrected chi connectivity index (χ3v) is 11.7. The molecule has 16 nitrogen and oxygen atoms in total. The summed E-state index contributed by atoms with van der Waals surface area (Å²) >= 11 is 0. The number of carbonyl (C=O) groups excluding carboxylic acids is 1. The van der Waals surface area contributed by atoms with E-state index >= 15 is 0 Å². The third-order valence-electron chi connectivity index (χ3n) is 10.5. The first-order chi connectivity index (χ1) is 30.1. The molecule has 0 aliphatic carbocycles. The molecule has 5 aromatic carbocycles. The van der Waals surface area contributed by atoms with E-state index in [0.717, 1.165) is 16.7 Å². The van der Waals surface area contributed by atoms with Gasteiger partial charge in [0.1, 0.15) is 35.4 Å². The van der Waals surface area contributed by atoms with Gasteiger partial charge in [0.2, 0.25) is 0 Å². The molecule has 2 aromatic heterocycles. The highest BCUT2D eigenvalue weighted by molar-refractivity contribution is 7.87. The Kier molecular flexibility index (Phi) is 11.9. The quantitative estimate of drug-likeness (QED) is 0.0435. The molecule has 0 radical (unpaired) electrons. The molecule has 3 atom stereocenters. The second kappa shape index (κ2) is 17.8. The number of nitro benzene ring substituents is 1. The van der Waals surface area contributed by atoms with E-state index in [9.17, 15) is 23.3 Å². The van der Waals surface area contributed by atoms with E-state index in [1.54, 1.807) is 43.1 Å². The van der Waals surface area contributed by atoms with Crippen LogP contribution in [0.2, 0.25) is 0 Å². The Bertz CT molecular complexity index is 2730. The number of nitro groups is 1. The molecule has 62 heavy (non-hydrogen) atoms. The van der Waals surface area contributed by atoms with Crippen LogP contribution in [-0.2, 0) is 25.2 Å². The number of aromatic nitrogens is 4. The number of rotatable bonds is 16. The lowest BCUT2D eigenvalue weighted by atomic mass is 9.79. The monoisotopic (exact) mass is 856 g/mol. The van der Waals surface area contributed by atoms with Crippen molar-refractivity contribution in [2.75, 3.05) is 25.3 Å².